The molecule has 0 spiro atoms. The van der Waals surface area contributed by atoms with Gasteiger partial charge in [-0.05, 0) is 18.6 Å². The molecular weight excluding hydrogens is 198 g/mol. The normalized spacial score (nSPS) is 16.3. The summed E-state index contributed by atoms with van der Waals surface area (Å²) in [6, 6.07) is -1.33. The molecular formula is C9H15N3O3. The maximum absolute atomic E-state index is 10.3. The molecule has 2 unspecified atom stereocenters. The molecule has 0 saturated carbocycles. The fourth-order valence-corrected chi connectivity index (χ4v) is 0.840. The van der Waals surface area contributed by atoms with Crippen molar-refractivity contribution in [3.8, 4) is 0 Å². The Morgan fingerprint density at radius 1 is 1.80 bits per heavy atom. The second-order valence-electron chi connectivity index (χ2n) is 3.04. The number of oxime groups is 1. The minimum absolute atomic E-state index is 0.198. The highest BCUT2D eigenvalue weighted by Gasteiger charge is 2.11. The van der Waals surface area contributed by atoms with Gasteiger partial charge in [0.1, 0.15) is 0 Å². The molecule has 0 aromatic rings. The summed E-state index contributed by atoms with van der Waals surface area (Å²) in [5.74, 6) is 0. The van der Waals surface area contributed by atoms with E-state index in [-0.39, 0.29) is 5.71 Å². The quantitative estimate of drug-likeness (QED) is 0.225. The number of rotatable bonds is 6. The van der Waals surface area contributed by atoms with Crippen LogP contribution in [-0.2, 0) is 0 Å². The molecule has 0 aromatic heterocycles. The zero-order chi connectivity index (χ0) is 11.8. The van der Waals surface area contributed by atoms with Crippen molar-refractivity contribution in [1.82, 2.24) is 0 Å². The van der Waals surface area contributed by atoms with Gasteiger partial charge in [0, 0.05) is 11.8 Å². The summed E-state index contributed by atoms with van der Waals surface area (Å²) in [6.07, 6.45) is 4.69. The maximum atomic E-state index is 10.3. The van der Waals surface area contributed by atoms with Gasteiger partial charge >= 0.3 is 0 Å². The first-order chi connectivity index (χ1) is 7.02. The number of nitro groups is 1. The van der Waals surface area contributed by atoms with Crippen LogP contribution in [-0.4, -0.2) is 27.9 Å². The van der Waals surface area contributed by atoms with Gasteiger partial charge < -0.3 is 10.9 Å². The van der Waals surface area contributed by atoms with E-state index >= 15 is 0 Å². The molecule has 0 aliphatic carbocycles. The molecule has 6 nitrogen and oxygen atoms in total. The third-order valence-electron chi connectivity index (χ3n) is 1.79. The van der Waals surface area contributed by atoms with E-state index in [1.807, 2.05) is 0 Å². The van der Waals surface area contributed by atoms with Crippen LogP contribution in [0.1, 0.15) is 13.3 Å². The minimum atomic E-state index is -0.835. The molecule has 0 aromatic carbocycles. The Hall–Kier alpha value is -1.69. The fraction of sp³-hybridized carbons (Fsp3) is 0.444. The van der Waals surface area contributed by atoms with Gasteiger partial charge in [0.05, 0.1) is 11.8 Å². The van der Waals surface area contributed by atoms with Gasteiger partial charge in [0.2, 0.25) is 6.04 Å². The highest BCUT2D eigenvalue weighted by Crippen LogP contribution is 1.98. The van der Waals surface area contributed by atoms with Crippen molar-refractivity contribution in [1.29, 1.82) is 0 Å². The molecule has 0 aliphatic heterocycles. The van der Waals surface area contributed by atoms with Crippen LogP contribution in [0, 0.1) is 10.1 Å². The minimum Gasteiger partial charge on any atom is -0.411 e. The molecule has 0 saturated heterocycles. The predicted octanol–water partition coefficient (Wildman–Crippen LogP) is 0.941. The number of hydrogen-bond acceptors (Lipinski definition) is 5. The first-order valence-electron chi connectivity index (χ1n) is 4.43. The molecule has 2 atom stereocenters. The Morgan fingerprint density at radius 2 is 2.40 bits per heavy atom. The molecule has 0 rings (SSSR count). The molecule has 6 heteroatoms. The van der Waals surface area contributed by atoms with Gasteiger partial charge in [-0.25, -0.2) is 0 Å². The average Bonchev–Trinajstić information content (AvgIpc) is 2.18. The zero-order valence-electron chi connectivity index (χ0n) is 8.54. The number of nitrogens with zero attached hydrogens (tertiary/aromatic N) is 2. The van der Waals surface area contributed by atoms with Crippen LogP contribution in [0.25, 0.3) is 0 Å². The summed E-state index contributed by atoms with van der Waals surface area (Å²) in [5.41, 5.74) is 5.82. The van der Waals surface area contributed by atoms with E-state index in [0.717, 1.165) is 0 Å². The van der Waals surface area contributed by atoms with Crippen molar-refractivity contribution in [3.63, 3.8) is 0 Å². The topological polar surface area (TPSA) is 102 Å². The van der Waals surface area contributed by atoms with Crippen LogP contribution < -0.4 is 5.73 Å². The summed E-state index contributed by atoms with van der Waals surface area (Å²) >= 11 is 0. The van der Waals surface area contributed by atoms with Crippen LogP contribution in [0.2, 0.25) is 0 Å². The van der Waals surface area contributed by atoms with Crippen molar-refractivity contribution < 1.29 is 10.1 Å². The molecule has 0 fully saturated rings. The van der Waals surface area contributed by atoms with E-state index in [2.05, 4.69) is 11.7 Å². The van der Waals surface area contributed by atoms with Crippen LogP contribution in [0.3, 0.4) is 0 Å². The van der Waals surface area contributed by atoms with Crippen LogP contribution in [0.15, 0.2) is 30.0 Å². The van der Waals surface area contributed by atoms with Crippen molar-refractivity contribution in [2.24, 2.45) is 10.9 Å². The summed E-state index contributed by atoms with van der Waals surface area (Å²) < 4.78 is 0. The predicted molar refractivity (Wildman–Crippen MR) is 57.6 cm³/mol. The zero-order valence-corrected chi connectivity index (χ0v) is 8.54. The molecule has 0 amide bonds. The summed E-state index contributed by atoms with van der Waals surface area (Å²) in [4.78, 5) is 9.85. The molecule has 0 aliphatic rings. The lowest BCUT2D eigenvalue weighted by Gasteiger charge is -2.06. The van der Waals surface area contributed by atoms with Crippen LogP contribution in [0.5, 0.6) is 0 Å². The highest BCUT2D eigenvalue weighted by molar-refractivity contribution is 5.98. The lowest BCUT2D eigenvalue weighted by atomic mass is 10.1. The van der Waals surface area contributed by atoms with Gasteiger partial charge in [0.25, 0.3) is 0 Å². The molecule has 0 heterocycles. The van der Waals surface area contributed by atoms with Gasteiger partial charge in [-0.2, -0.15) is 0 Å². The highest BCUT2D eigenvalue weighted by atomic mass is 16.6. The first-order valence-corrected chi connectivity index (χ1v) is 4.43. The molecule has 3 N–H and O–H groups in total. The Balaban J connectivity index is 4.46. The van der Waals surface area contributed by atoms with Gasteiger partial charge in [0.15, 0.2) is 0 Å². The lowest BCUT2D eigenvalue weighted by Crippen LogP contribution is -2.29. The van der Waals surface area contributed by atoms with Crippen LogP contribution in [0.4, 0.5) is 0 Å². The van der Waals surface area contributed by atoms with E-state index < -0.39 is 17.0 Å². The van der Waals surface area contributed by atoms with E-state index in [1.165, 1.54) is 19.1 Å². The summed E-state index contributed by atoms with van der Waals surface area (Å²) in [6.45, 7) is 4.91. The lowest BCUT2D eigenvalue weighted by molar-refractivity contribution is -0.504. The standard InChI is InChI=1S/C9H15N3O3/c1-3-4-8(10)9(11-13)6-5-7(2)12(14)15/h3,5-8,13H,1,4,10H2,2H3/b6-5+,11-9+. The van der Waals surface area contributed by atoms with Gasteiger partial charge in [-0.15, -0.1) is 6.58 Å². The maximum Gasteiger partial charge on any atom is 0.228 e. The Bertz CT molecular complexity index is 286. The molecule has 84 valence electrons. The third-order valence-corrected chi connectivity index (χ3v) is 1.79. The van der Waals surface area contributed by atoms with Crippen molar-refractivity contribution in [3.05, 3.63) is 34.9 Å². The SMILES string of the molecule is C=CCC(N)C(/C=C/C(C)[N+](=O)[O-])=N/O. The largest absolute Gasteiger partial charge is 0.411 e. The Labute approximate surface area is 87.9 Å². The van der Waals surface area contributed by atoms with Crippen molar-refractivity contribution >= 4 is 5.71 Å². The smallest absolute Gasteiger partial charge is 0.228 e. The third kappa shape index (κ3) is 4.92. The van der Waals surface area contributed by atoms with E-state index in [4.69, 9.17) is 10.9 Å². The number of nitrogens with two attached hydrogens (primary N) is 1. The van der Waals surface area contributed by atoms with E-state index in [0.29, 0.717) is 6.42 Å². The number of hydrogen-bond donors (Lipinski definition) is 2. The van der Waals surface area contributed by atoms with E-state index in [1.54, 1.807) is 6.08 Å². The van der Waals surface area contributed by atoms with E-state index in [9.17, 15) is 10.1 Å². The van der Waals surface area contributed by atoms with Gasteiger partial charge in [-0.1, -0.05) is 11.2 Å². The second-order valence-corrected chi connectivity index (χ2v) is 3.04. The Morgan fingerprint density at radius 3 is 2.80 bits per heavy atom. The second kappa shape index (κ2) is 6.72. The van der Waals surface area contributed by atoms with Gasteiger partial charge in [-0.3, -0.25) is 10.1 Å². The molecule has 0 bridgehead atoms. The van der Waals surface area contributed by atoms with Crippen LogP contribution >= 0.6 is 0 Å². The summed E-state index contributed by atoms with van der Waals surface area (Å²) in [5, 5.41) is 21.9. The van der Waals surface area contributed by atoms with Crippen molar-refractivity contribution in [2.75, 3.05) is 0 Å². The van der Waals surface area contributed by atoms with Crippen molar-refractivity contribution in [2.45, 2.75) is 25.4 Å². The molecule has 0 radical (unpaired) electrons. The fourth-order valence-electron chi connectivity index (χ4n) is 0.840. The average molecular weight is 213 g/mol. The first kappa shape index (κ1) is 13.3. The monoisotopic (exact) mass is 213 g/mol. The molecule has 15 heavy (non-hydrogen) atoms. The Kier molecular flexibility index (Phi) is 5.96. The summed E-state index contributed by atoms with van der Waals surface area (Å²) in [7, 11) is 0.